The first-order valence-corrected chi connectivity index (χ1v) is 6.18. The Morgan fingerprint density at radius 2 is 2.00 bits per heavy atom. The zero-order chi connectivity index (χ0) is 10.4. The van der Waals surface area contributed by atoms with E-state index in [2.05, 4.69) is 31.0 Å². The zero-order valence-corrected chi connectivity index (χ0v) is 10.1. The fourth-order valence-electron chi connectivity index (χ4n) is 1.78. The highest BCUT2D eigenvalue weighted by Gasteiger charge is 2.26. The molecule has 1 saturated carbocycles. The highest BCUT2D eigenvalue weighted by atomic mass is 15.2. The standard InChI is InChI=1S/C12H26N2/c1-4-14(12-5-6-12)10-9-13-8-7-11(2)3/h11-13H,4-10H2,1-3H3. The Hall–Kier alpha value is -0.0800. The molecule has 0 spiro atoms. The molecule has 0 aliphatic heterocycles. The molecule has 1 rings (SSSR count). The van der Waals surface area contributed by atoms with Crippen molar-refractivity contribution in [1.82, 2.24) is 10.2 Å². The van der Waals surface area contributed by atoms with E-state index in [0.717, 1.165) is 18.5 Å². The summed E-state index contributed by atoms with van der Waals surface area (Å²) in [4.78, 5) is 2.60. The van der Waals surface area contributed by atoms with E-state index < -0.39 is 0 Å². The van der Waals surface area contributed by atoms with Crippen LogP contribution >= 0.6 is 0 Å². The van der Waals surface area contributed by atoms with Crippen molar-refractivity contribution >= 4 is 0 Å². The lowest BCUT2D eigenvalue weighted by Gasteiger charge is -2.19. The lowest BCUT2D eigenvalue weighted by atomic mass is 10.1. The van der Waals surface area contributed by atoms with Gasteiger partial charge in [0.1, 0.15) is 0 Å². The van der Waals surface area contributed by atoms with Gasteiger partial charge in [-0.15, -0.1) is 0 Å². The smallest absolute Gasteiger partial charge is 0.0110 e. The van der Waals surface area contributed by atoms with Crippen LogP contribution in [0.1, 0.15) is 40.0 Å². The van der Waals surface area contributed by atoms with Crippen LogP contribution in [0.2, 0.25) is 0 Å². The highest BCUT2D eigenvalue weighted by molar-refractivity contribution is 4.83. The molecule has 1 aliphatic rings. The van der Waals surface area contributed by atoms with Crippen molar-refractivity contribution in [3.05, 3.63) is 0 Å². The van der Waals surface area contributed by atoms with Crippen LogP contribution in [0.25, 0.3) is 0 Å². The normalized spacial score (nSPS) is 16.9. The van der Waals surface area contributed by atoms with Crippen molar-refractivity contribution in [3.8, 4) is 0 Å². The topological polar surface area (TPSA) is 15.3 Å². The van der Waals surface area contributed by atoms with Crippen LogP contribution in [0.4, 0.5) is 0 Å². The summed E-state index contributed by atoms with van der Waals surface area (Å²) in [6.07, 6.45) is 4.16. The van der Waals surface area contributed by atoms with Gasteiger partial charge in [-0.3, -0.25) is 4.90 Å². The molecule has 0 unspecified atom stereocenters. The summed E-state index contributed by atoms with van der Waals surface area (Å²) < 4.78 is 0. The third kappa shape index (κ3) is 4.97. The lowest BCUT2D eigenvalue weighted by Crippen LogP contribution is -2.34. The number of likely N-dealkylation sites (N-methyl/N-ethyl adjacent to an activating group) is 1. The summed E-state index contributed by atoms with van der Waals surface area (Å²) in [5.74, 6) is 0.827. The molecule has 1 aliphatic carbocycles. The molecule has 0 heterocycles. The number of rotatable bonds is 8. The molecule has 0 aromatic rings. The summed E-state index contributed by atoms with van der Waals surface area (Å²) in [7, 11) is 0. The van der Waals surface area contributed by atoms with Gasteiger partial charge in [-0.2, -0.15) is 0 Å². The van der Waals surface area contributed by atoms with Crippen LogP contribution in [0.3, 0.4) is 0 Å². The Morgan fingerprint density at radius 3 is 2.50 bits per heavy atom. The van der Waals surface area contributed by atoms with Crippen LogP contribution in [-0.2, 0) is 0 Å². The van der Waals surface area contributed by atoms with E-state index in [1.165, 1.54) is 38.9 Å². The molecule has 84 valence electrons. The van der Waals surface area contributed by atoms with Crippen molar-refractivity contribution in [1.29, 1.82) is 0 Å². The van der Waals surface area contributed by atoms with Gasteiger partial charge in [0.2, 0.25) is 0 Å². The Kier molecular flexibility index (Phi) is 5.49. The Morgan fingerprint density at radius 1 is 1.29 bits per heavy atom. The van der Waals surface area contributed by atoms with Crippen LogP contribution < -0.4 is 5.32 Å². The molecule has 1 fully saturated rings. The SMILES string of the molecule is CCN(CCNCCC(C)C)C1CC1. The van der Waals surface area contributed by atoms with Crippen LogP contribution in [0.5, 0.6) is 0 Å². The summed E-state index contributed by atoms with van der Waals surface area (Å²) >= 11 is 0. The van der Waals surface area contributed by atoms with E-state index in [9.17, 15) is 0 Å². The van der Waals surface area contributed by atoms with Gasteiger partial charge >= 0.3 is 0 Å². The summed E-state index contributed by atoms with van der Waals surface area (Å²) in [5, 5.41) is 3.52. The molecule has 0 radical (unpaired) electrons. The average Bonchev–Trinajstić information content (AvgIpc) is 2.94. The van der Waals surface area contributed by atoms with Crippen molar-refractivity contribution in [2.24, 2.45) is 5.92 Å². The number of hydrogen-bond acceptors (Lipinski definition) is 2. The minimum absolute atomic E-state index is 0.827. The van der Waals surface area contributed by atoms with Gasteiger partial charge in [-0.25, -0.2) is 0 Å². The van der Waals surface area contributed by atoms with Crippen LogP contribution in [0.15, 0.2) is 0 Å². The van der Waals surface area contributed by atoms with Crippen LogP contribution in [-0.4, -0.2) is 37.1 Å². The molecule has 2 nitrogen and oxygen atoms in total. The maximum absolute atomic E-state index is 3.52. The largest absolute Gasteiger partial charge is 0.315 e. The monoisotopic (exact) mass is 198 g/mol. The molecule has 0 bridgehead atoms. The molecule has 1 N–H and O–H groups in total. The fourth-order valence-corrected chi connectivity index (χ4v) is 1.78. The van der Waals surface area contributed by atoms with E-state index in [0.29, 0.717) is 0 Å². The van der Waals surface area contributed by atoms with Crippen molar-refractivity contribution in [2.75, 3.05) is 26.2 Å². The fraction of sp³-hybridized carbons (Fsp3) is 1.00. The highest BCUT2D eigenvalue weighted by Crippen LogP contribution is 2.25. The number of nitrogens with one attached hydrogen (secondary N) is 1. The number of nitrogens with zero attached hydrogens (tertiary/aromatic N) is 1. The first-order chi connectivity index (χ1) is 6.74. The molecule has 0 aromatic heterocycles. The first kappa shape index (κ1) is 12.0. The van der Waals surface area contributed by atoms with Crippen LogP contribution in [0, 0.1) is 5.92 Å². The van der Waals surface area contributed by atoms with Crippen molar-refractivity contribution in [2.45, 2.75) is 46.1 Å². The maximum atomic E-state index is 3.52. The zero-order valence-electron chi connectivity index (χ0n) is 10.1. The Bertz CT molecular complexity index is 141. The second-order valence-electron chi connectivity index (χ2n) is 4.79. The second-order valence-corrected chi connectivity index (χ2v) is 4.79. The third-order valence-corrected chi connectivity index (χ3v) is 2.94. The first-order valence-electron chi connectivity index (χ1n) is 6.18. The van der Waals surface area contributed by atoms with Gasteiger partial charge in [-0.05, 0) is 38.3 Å². The second kappa shape index (κ2) is 6.41. The molecular formula is C12H26N2. The lowest BCUT2D eigenvalue weighted by molar-refractivity contribution is 0.276. The quantitative estimate of drug-likeness (QED) is 0.601. The molecule has 0 aromatic carbocycles. The number of hydrogen-bond donors (Lipinski definition) is 1. The minimum Gasteiger partial charge on any atom is -0.315 e. The van der Waals surface area contributed by atoms with E-state index >= 15 is 0 Å². The van der Waals surface area contributed by atoms with E-state index in [1.54, 1.807) is 0 Å². The molecular weight excluding hydrogens is 172 g/mol. The van der Waals surface area contributed by atoms with Crippen molar-refractivity contribution < 1.29 is 0 Å². The Labute approximate surface area is 89.1 Å². The van der Waals surface area contributed by atoms with Gasteiger partial charge in [0.05, 0.1) is 0 Å². The summed E-state index contributed by atoms with van der Waals surface area (Å²) in [6, 6.07) is 0.923. The minimum atomic E-state index is 0.827. The van der Waals surface area contributed by atoms with Gasteiger partial charge in [-0.1, -0.05) is 20.8 Å². The molecule has 0 amide bonds. The average molecular weight is 198 g/mol. The van der Waals surface area contributed by atoms with Gasteiger partial charge in [0.15, 0.2) is 0 Å². The van der Waals surface area contributed by atoms with Gasteiger partial charge in [0.25, 0.3) is 0 Å². The molecule has 0 atom stereocenters. The molecule has 0 saturated heterocycles. The van der Waals surface area contributed by atoms with Gasteiger partial charge < -0.3 is 5.32 Å². The summed E-state index contributed by atoms with van der Waals surface area (Å²) in [5.41, 5.74) is 0. The van der Waals surface area contributed by atoms with E-state index in [-0.39, 0.29) is 0 Å². The maximum Gasteiger partial charge on any atom is 0.0110 e. The molecule has 2 heteroatoms. The summed E-state index contributed by atoms with van der Waals surface area (Å²) in [6.45, 7) is 11.6. The Balaban J connectivity index is 1.91. The third-order valence-electron chi connectivity index (χ3n) is 2.94. The van der Waals surface area contributed by atoms with E-state index in [1.807, 2.05) is 0 Å². The van der Waals surface area contributed by atoms with Crippen molar-refractivity contribution in [3.63, 3.8) is 0 Å². The van der Waals surface area contributed by atoms with Gasteiger partial charge in [0, 0.05) is 19.1 Å². The molecule has 14 heavy (non-hydrogen) atoms. The predicted octanol–water partition coefficient (Wildman–Crippen LogP) is 2.11. The predicted molar refractivity (Wildman–Crippen MR) is 62.6 cm³/mol. The van der Waals surface area contributed by atoms with E-state index in [4.69, 9.17) is 0 Å².